The highest BCUT2D eigenvalue weighted by Crippen LogP contribution is 2.28. The molecule has 0 saturated heterocycles. The van der Waals surface area contributed by atoms with Crippen LogP contribution in [0.4, 0.5) is 0 Å². The minimum absolute atomic E-state index is 0.243. The zero-order valence-corrected chi connectivity index (χ0v) is 18.5. The fourth-order valence-corrected chi connectivity index (χ4v) is 3.26. The van der Waals surface area contributed by atoms with Crippen LogP contribution in [0.1, 0.15) is 25.0 Å². The summed E-state index contributed by atoms with van der Waals surface area (Å²) in [6.45, 7) is 8.61. The molecule has 1 aromatic carbocycles. The Morgan fingerprint density at radius 1 is 1.17 bits per heavy atom. The van der Waals surface area contributed by atoms with Crippen LogP contribution in [0.5, 0.6) is 11.5 Å². The Kier molecular flexibility index (Phi) is 9.44. The van der Waals surface area contributed by atoms with Gasteiger partial charge in [-0.3, -0.25) is 4.68 Å². The third-order valence-electron chi connectivity index (χ3n) is 5.02. The first-order valence-corrected chi connectivity index (χ1v) is 10.3. The second kappa shape index (κ2) is 11.8. The minimum Gasteiger partial charge on any atom is -0.493 e. The van der Waals surface area contributed by atoms with Crippen LogP contribution in [-0.2, 0) is 20.0 Å². The number of rotatable bonds is 13. The fraction of sp³-hybridized carbons (Fsp3) is 0.591. The molecular formula is C22H36N4O3. The molecule has 2 rings (SSSR count). The summed E-state index contributed by atoms with van der Waals surface area (Å²) in [5, 5.41) is 14.5. The van der Waals surface area contributed by atoms with Crippen molar-refractivity contribution in [2.24, 2.45) is 7.05 Å². The molecule has 0 spiro atoms. The molecule has 0 amide bonds. The van der Waals surface area contributed by atoms with Crippen LogP contribution in [-0.4, -0.2) is 77.7 Å². The van der Waals surface area contributed by atoms with Gasteiger partial charge in [0.25, 0.3) is 0 Å². The second-order valence-corrected chi connectivity index (χ2v) is 7.45. The molecule has 0 radical (unpaired) electrons. The van der Waals surface area contributed by atoms with Crippen molar-refractivity contribution in [3.63, 3.8) is 0 Å². The van der Waals surface area contributed by atoms with Crippen LogP contribution < -0.4 is 9.47 Å². The van der Waals surface area contributed by atoms with Crippen molar-refractivity contribution in [2.45, 2.75) is 32.9 Å². The van der Waals surface area contributed by atoms with E-state index in [2.05, 4.69) is 48.1 Å². The van der Waals surface area contributed by atoms with E-state index in [4.69, 9.17) is 9.47 Å². The number of ether oxygens (including phenoxy) is 2. The molecule has 0 aliphatic rings. The molecule has 0 bridgehead atoms. The lowest BCUT2D eigenvalue weighted by Gasteiger charge is -2.22. The minimum atomic E-state index is -0.537. The first-order chi connectivity index (χ1) is 13.9. The number of nitrogens with zero attached hydrogens (tertiary/aromatic N) is 4. The van der Waals surface area contributed by atoms with Gasteiger partial charge in [0, 0.05) is 32.9 Å². The number of likely N-dealkylation sites (N-methyl/N-ethyl adjacent to an activating group) is 2. The molecule has 0 fully saturated rings. The first kappa shape index (κ1) is 23.2. The predicted molar refractivity (Wildman–Crippen MR) is 116 cm³/mol. The molecule has 1 heterocycles. The molecule has 1 aromatic heterocycles. The maximum atomic E-state index is 10.3. The van der Waals surface area contributed by atoms with Gasteiger partial charge in [0.1, 0.15) is 12.7 Å². The highest BCUT2D eigenvalue weighted by Gasteiger charge is 2.13. The van der Waals surface area contributed by atoms with Gasteiger partial charge in [-0.05, 0) is 49.8 Å². The van der Waals surface area contributed by atoms with Crippen molar-refractivity contribution in [1.82, 2.24) is 19.6 Å². The first-order valence-electron chi connectivity index (χ1n) is 10.3. The molecule has 2 aromatic rings. The van der Waals surface area contributed by atoms with Crippen LogP contribution in [0.3, 0.4) is 0 Å². The smallest absolute Gasteiger partial charge is 0.161 e. The predicted octanol–water partition coefficient (Wildman–Crippen LogP) is 2.18. The van der Waals surface area contributed by atoms with Gasteiger partial charge < -0.3 is 24.4 Å². The van der Waals surface area contributed by atoms with Crippen LogP contribution in [0, 0.1) is 0 Å². The van der Waals surface area contributed by atoms with Crippen molar-refractivity contribution in [3.05, 3.63) is 41.7 Å². The van der Waals surface area contributed by atoms with Gasteiger partial charge in [-0.2, -0.15) is 5.10 Å². The Morgan fingerprint density at radius 3 is 2.55 bits per heavy atom. The van der Waals surface area contributed by atoms with E-state index in [1.54, 1.807) is 7.11 Å². The molecular weight excluding hydrogens is 368 g/mol. The summed E-state index contributed by atoms with van der Waals surface area (Å²) in [6.07, 6.45) is 4.39. The maximum absolute atomic E-state index is 10.3. The summed E-state index contributed by atoms with van der Waals surface area (Å²) in [7, 11) is 5.67. The number of aryl methyl sites for hydroxylation is 1. The Morgan fingerprint density at radius 2 is 1.93 bits per heavy atom. The van der Waals surface area contributed by atoms with E-state index in [0.717, 1.165) is 38.2 Å². The number of aliphatic hydroxyl groups is 1. The lowest BCUT2D eigenvalue weighted by atomic mass is 10.1. The van der Waals surface area contributed by atoms with Gasteiger partial charge in [-0.15, -0.1) is 0 Å². The quantitative estimate of drug-likeness (QED) is 0.552. The average molecular weight is 405 g/mol. The summed E-state index contributed by atoms with van der Waals surface area (Å²) < 4.78 is 13.2. The van der Waals surface area contributed by atoms with E-state index >= 15 is 0 Å². The summed E-state index contributed by atoms with van der Waals surface area (Å²) >= 11 is 0. The van der Waals surface area contributed by atoms with E-state index in [1.807, 2.05) is 30.1 Å². The van der Waals surface area contributed by atoms with E-state index < -0.39 is 6.10 Å². The topological polar surface area (TPSA) is 63.0 Å². The van der Waals surface area contributed by atoms with Crippen molar-refractivity contribution in [1.29, 1.82) is 0 Å². The molecule has 7 heteroatoms. The summed E-state index contributed by atoms with van der Waals surface area (Å²) in [4.78, 5) is 4.45. The van der Waals surface area contributed by atoms with Gasteiger partial charge in [-0.1, -0.05) is 19.9 Å². The largest absolute Gasteiger partial charge is 0.493 e. The van der Waals surface area contributed by atoms with Crippen LogP contribution in [0.15, 0.2) is 30.6 Å². The van der Waals surface area contributed by atoms with E-state index in [1.165, 1.54) is 5.56 Å². The van der Waals surface area contributed by atoms with E-state index in [0.29, 0.717) is 18.0 Å². The van der Waals surface area contributed by atoms with Crippen LogP contribution in [0.25, 0.3) is 0 Å². The number of hydrogen-bond acceptors (Lipinski definition) is 6. The average Bonchev–Trinajstić information content (AvgIpc) is 3.14. The van der Waals surface area contributed by atoms with E-state index in [9.17, 15) is 5.11 Å². The Hall–Kier alpha value is -2.09. The third-order valence-corrected chi connectivity index (χ3v) is 5.02. The van der Waals surface area contributed by atoms with Crippen molar-refractivity contribution >= 4 is 0 Å². The molecule has 162 valence electrons. The summed E-state index contributed by atoms with van der Waals surface area (Å²) in [5.41, 5.74) is 2.38. The SMILES string of the molecule is CCN(CC)CC(O)COc1cc(CN(C)CCc2cnn(C)c2)ccc1OC. The maximum Gasteiger partial charge on any atom is 0.161 e. The summed E-state index contributed by atoms with van der Waals surface area (Å²) in [5.74, 6) is 1.35. The zero-order chi connectivity index (χ0) is 21.2. The van der Waals surface area contributed by atoms with Crippen molar-refractivity contribution < 1.29 is 14.6 Å². The molecule has 1 N–H and O–H groups in total. The van der Waals surface area contributed by atoms with Gasteiger partial charge in [0.2, 0.25) is 0 Å². The molecule has 1 unspecified atom stereocenters. The zero-order valence-electron chi connectivity index (χ0n) is 18.5. The third kappa shape index (κ3) is 7.68. The number of benzene rings is 1. The Bertz CT molecular complexity index is 731. The van der Waals surface area contributed by atoms with Gasteiger partial charge >= 0.3 is 0 Å². The monoisotopic (exact) mass is 404 g/mol. The van der Waals surface area contributed by atoms with Gasteiger partial charge in [0.05, 0.1) is 13.3 Å². The van der Waals surface area contributed by atoms with Crippen molar-refractivity contribution in [3.8, 4) is 11.5 Å². The van der Waals surface area contributed by atoms with Gasteiger partial charge in [0.15, 0.2) is 11.5 Å². The lowest BCUT2D eigenvalue weighted by Crippen LogP contribution is -2.35. The Balaban J connectivity index is 1.91. The van der Waals surface area contributed by atoms with Gasteiger partial charge in [-0.25, -0.2) is 0 Å². The number of aromatic nitrogens is 2. The molecule has 0 aliphatic heterocycles. The second-order valence-electron chi connectivity index (χ2n) is 7.45. The normalized spacial score (nSPS) is 12.6. The number of hydrogen-bond donors (Lipinski definition) is 1. The number of methoxy groups -OCH3 is 1. The fourth-order valence-electron chi connectivity index (χ4n) is 3.26. The number of aliphatic hydroxyl groups excluding tert-OH is 1. The molecule has 29 heavy (non-hydrogen) atoms. The van der Waals surface area contributed by atoms with Crippen molar-refractivity contribution in [2.75, 3.05) is 46.9 Å². The molecule has 0 saturated carbocycles. The van der Waals surface area contributed by atoms with Crippen LogP contribution in [0.2, 0.25) is 0 Å². The molecule has 1 atom stereocenters. The Labute approximate surface area is 174 Å². The molecule has 7 nitrogen and oxygen atoms in total. The van der Waals surface area contributed by atoms with Crippen LogP contribution >= 0.6 is 0 Å². The highest BCUT2D eigenvalue weighted by molar-refractivity contribution is 5.43. The highest BCUT2D eigenvalue weighted by atomic mass is 16.5. The molecule has 0 aliphatic carbocycles. The lowest BCUT2D eigenvalue weighted by molar-refractivity contribution is 0.0705. The standard InChI is InChI=1S/C22H36N4O3/c1-6-26(7-2)16-20(27)17-29-22-12-18(8-9-21(22)28-5)14-24(3)11-10-19-13-23-25(4)15-19/h8-9,12-13,15,20,27H,6-7,10-11,14,16-17H2,1-5H3. The van der Waals surface area contributed by atoms with E-state index in [-0.39, 0.29) is 6.61 Å². The summed E-state index contributed by atoms with van der Waals surface area (Å²) in [6, 6.07) is 5.98.